The number of thiophene rings is 1. The number of hydrogen-bond donors (Lipinski definition) is 2. The SMILES string of the molecule is O=C(NCc1ccc(Cl)cc1)[C@H](Cc1ccccc1)NS(=O)(=O)c1ccc(Br)s1. The molecule has 0 aliphatic heterocycles. The highest BCUT2D eigenvalue weighted by Crippen LogP contribution is 2.26. The van der Waals surface area contributed by atoms with Gasteiger partial charge in [-0.2, -0.15) is 4.72 Å². The molecule has 0 saturated carbocycles. The van der Waals surface area contributed by atoms with E-state index >= 15 is 0 Å². The Hall–Kier alpha value is -1.71. The topological polar surface area (TPSA) is 75.3 Å². The molecule has 3 rings (SSSR count). The minimum Gasteiger partial charge on any atom is -0.351 e. The third-order valence-corrected chi connectivity index (χ3v) is 7.93. The van der Waals surface area contributed by atoms with Crippen LogP contribution in [0.4, 0.5) is 0 Å². The molecule has 1 heterocycles. The number of nitrogens with one attached hydrogen (secondary N) is 2. The second kappa shape index (κ2) is 9.86. The van der Waals surface area contributed by atoms with Gasteiger partial charge < -0.3 is 5.32 Å². The van der Waals surface area contributed by atoms with Gasteiger partial charge in [0, 0.05) is 11.6 Å². The summed E-state index contributed by atoms with van der Waals surface area (Å²) < 4.78 is 28.9. The van der Waals surface area contributed by atoms with Gasteiger partial charge in [-0.25, -0.2) is 8.42 Å². The maximum Gasteiger partial charge on any atom is 0.250 e. The van der Waals surface area contributed by atoms with Gasteiger partial charge in [-0.15, -0.1) is 11.3 Å². The molecule has 1 amide bonds. The lowest BCUT2D eigenvalue weighted by Crippen LogP contribution is -2.47. The average molecular weight is 514 g/mol. The number of benzene rings is 2. The second-order valence-electron chi connectivity index (χ2n) is 6.27. The molecule has 1 atom stereocenters. The summed E-state index contributed by atoms with van der Waals surface area (Å²) in [7, 11) is -3.83. The molecule has 0 radical (unpaired) electrons. The number of amides is 1. The highest BCUT2D eigenvalue weighted by Gasteiger charge is 2.27. The van der Waals surface area contributed by atoms with Crippen LogP contribution in [-0.2, 0) is 27.8 Å². The van der Waals surface area contributed by atoms with Crippen LogP contribution in [0.25, 0.3) is 0 Å². The first-order chi connectivity index (χ1) is 13.8. The molecule has 0 unspecified atom stereocenters. The summed E-state index contributed by atoms with van der Waals surface area (Å²) in [6.07, 6.45) is 0.235. The quantitative estimate of drug-likeness (QED) is 0.470. The van der Waals surface area contributed by atoms with E-state index in [2.05, 4.69) is 26.0 Å². The van der Waals surface area contributed by atoms with Crippen LogP contribution in [0.2, 0.25) is 5.02 Å². The van der Waals surface area contributed by atoms with Crippen LogP contribution in [0.5, 0.6) is 0 Å². The van der Waals surface area contributed by atoms with Crippen LogP contribution < -0.4 is 10.0 Å². The summed E-state index contributed by atoms with van der Waals surface area (Å²) in [4.78, 5) is 12.8. The molecule has 0 aliphatic rings. The van der Waals surface area contributed by atoms with Crippen LogP contribution >= 0.6 is 38.9 Å². The zero-order valence-electron chi connectivity index (χ0n) is 15.1. The molecule has 0 spiro atoms. The van der Waals surface area contributed by atoms with E-state index in [4.69, 9.17) is 11.6 Å². The normalized spacial score (nSPS) is 12.5. The van der Waals surface area contributed by atoms with Crippen molar-refractivity contribution >= 4 is 54.8 Å². The molecule has 29 heavy (non-hydrogen) atoms. The Morgan fingerprint density at radius 3 is 2.31 bits per heavy atom. The molecule has 152 valence electrons. The van der Waals surface area contributed by atoms with Crippen molar-refractivity contribution < 1.29 is 13.2 Å². The average Bonchev–Trinajstić information content (AvgIpc) is 3.15. The van der Waals surface area contributed by atoms with Crippen molar-refractivity contribution in [2.75, 3.05) is 0 Å². The first kappa shape index (κ1) is 22.0. The molecule has 5 nitrogen and oxygen atoms in total. The molecule has 0 bridgehead atoms. The molecule has 9 heteroatoms. The van der Waals surface area contributed by atoms with Crippen molar-refractivity contribution in [1.29, 1.82) is 0 Å². The third kappa shape index (κ3) is 6.38. The monoisotopic (exact) mass is 512 g/mol. The summed E-state index contributed by atoms with van der Waals surface area (Å²) in [6, 6.07) is 18.6. The van der Waals surface area contributed by atoms with Crippen molar-refractivity contribution in [2.24, 2.45) is 0 Å². The number of sulfonamides is 1. The third-order valence-electron chi connectivity index (χ3n) is 4.09. The minimum atomic E-state index is -3.83. The molecule has 0 fully saturated rings. The van der Waals surface area contributed by atoms with Gasteiger partial charge in [0.1, 0.15) is 10.3 Å². The number of carbonyl (C=O) groups excluding carboxylic acids is 1. The first-order valence-electron chi connectivity index (χ1n) is 8.67. The Morgan fingerprint density at radius 2 is 1.69 bits per heavy atom. The van der Waals surface area contributed by atoms with Gasteiger partial charge in [-0.05, 0) is 57.7 Å². The lowest BCUT2D eigenvalue weighted by Gasteiger charge is -2.18. The van der Waals surface area contributed by atoms with Gasteiger partial charge in [-0.1, -0.05) is 54.1 Å². The van der Waals surface area contributed by atoms with Crippen molar-refractivity contribution in [1.82, 2.24) is 10.0 Å². The number of halogens is 2. The number of hydrogen-bond acceptors (Lipinski definition) is 4. The van der Waals surface area contributed by atoms with Gasteiger partial charge in [0.2, 0.25) is 5.91 Å². The van der Waals surface area contributed by atoms with Crippen molar-refractivity contribution in [3.8, 4) is 0 Å². The Balaban J connectivity index is 1.76. The fourth-order valence-electron chi connectivity index (χ4n) is 2.64. The van der Waals surface area contributed by atoms with E-state index in [9.17, 15) is 13.2 Å². The predicted molar refractivity (Wildman–Crippen MR) is 120 cm³/mol. The van der Waals surface area contributed by atoms with E-state index in [1.165, 1.54) is 6.07 Å². The van der Waals surface area contributed by atoms with Crippen LogP contribution in [0.1, 0.15) is 11.1 Å². The van der Waals surface area contributed by atoms with Gasteiger partial charge >= 0.3 is 0 Å². The van der Waals surface area contributed by atoms with E-state index < -0.39 is 22.0 Å². The number of carbonyl (C=O) groups is 1. The van der Waals surface area contributed by atoms with Crippen LogP contribution in [0.15, 0.2) is 74.7 Å². The summed E-state index contributed by atoms with van der Waals surface area (Å²) in [6.45, 7) is 0.271. The summed E-state index contributed by atoms with van der Waals surface area (Å²) in [5, 5.41) is 3.41. The zero-order valence-corrected chi connectivity index (χ0v) is 19.1. The molecule has 2 N–H and O–H groups in total. The second-order valence-corrected chi connectivity index (χ2v) is 11.1. The summed E-state index contributed by atoms with van der Waals surface area (Å²) >= 11 is 10.2. The summed E-state index contributed by atoms with van der Waals surface area (Å²) in [5.74, 6) is -0.400. The molecule has 0 saturated heterocycles. The standard InChI is InChI=1S/C20H18BrClN2O3S2/c21-18-10-11-19(28-18)29(26,27)24-17(12-14-4-2-1-3-5-14)20(25)23-13-15-6-8-16(22)9-7-15/h1-11,17,24H,12-13H2,(H,23,25)/t17-/m0/s1. The van der Waals surface area contributed by atoms with Crippen LogP contribution in [-0.4, -0.2) is 20.4 Å². The molecular formula is C20H18BrClN2O3S2. The Labute approximate surface area is 187 Å². The fourth-order valence-corrected chi connectivity index (χ4v) is 5.99. The van der Waals surface area contributed by atoms with Crippen molar-refractivity contribution in [2.45, 2.75) is 23.2 Å². The Morgan fingerprint density at radius 1 is 1.00 bits per heavy atom. The highest BCUT2D eigenvalue weighted by atomic mass is 79.9. The lowest BCUT2D eigenvalue weighted by atomic mass is 10.1. The number of rotatable bonds is 8. The maximum atomic E-state index is 12.8. The van der Waals surface area contributed by atoms with Crippen LogP contribution in [0, 0.1) is 0 Å². The smallest absolute Gasteiger partial charge is 0.250 e. The van der Waals surface area contributed by atoms with E-state index in [-0.39, 0.29) is 17.2 Å². The van der Waals surface area contributed by atoms with Gasteiger partial charge in [0.25, 0.3) is 10.0 Å². The largest absolute Gasteiger partial charge is 0.351 e. The van der Waals surface area contributed by atoms with E-state index in [0.29, 0.717) is 8.81 Å². The van der Waals surface area contributed by atoms with E-state index in [1.807, 2.05) is 42.5 Å². The highest BCUT2D eigenvalue weighted by molar-refractivity contribution is 9.11. The van der Waals surface area contributed by atoms with E-state index in [0.717, 1.165) is 22.5 Å². The van der Waals surface area contributed by atoms with Gasteiger partial charge in [0.15, 0.2) is 0 Å². The maximum absolute atomic E-state index is 12.8. The van der Waals surface area contributed by atoms with E-state index in [1.54, 1.807) is 18.2 Å². The van der Waals surface area contributed by atoms with Crippen molar-refractivity contribution in [3.05, 3.63) is 86.7 Å². The van der Waals surface area contributed by atoms with Gasteiger partial charge in [0.05, 0.1) is 3.79 Å². The molecule has 1 aromatic heterocycles. The van der Waals surface area contributed by atoms with Crippen molar-refractivity contribution in [3.63, 3.8) is 0 Å². The van der Waals surface area contributed by atoms with Gasteiger partial charge in [-0.3, -0.25) is 4.79 Å². The zero-order chi connectivity index (χ0) is 20.9. The lowest BCUT2D eigenvalue weighted by molar-refractivity contribution is -0.122. The first-order valence-corrected chi connectivity index (χ1v) is 12.1. The molecule has 0 aliphatic carbocycles. The molecule has 2 aromatic carbocycles. The molecular weight excluding hydrogens is 496 g/mol. The minimum absolute atomic E-state index is 0.146. The Bertz CT molecular complexity index is 1070. The fraction of sp³-hybridized carbons (Fsp3) is 0.150. The predicted octanol–water partition coefficient (Wildman–Crippen LogP) is 4.37. The molecule has 3 aromatic rings. The summed E-state index contributed by atoms with van der Waals surface area (Å²) in [5.41, 5.74) is 1.72. The van der Waals surface area contributed by atoms with Crippen LogP contribution in [0.3, 0.4) is 0 Å². The Kier molecular flexibility index (Phi) is 7.48.